The monoisotopic (exact) mass is 239 g/mol. The molecular weight excluding hydrogens is 234 g/mol. The van der Waals surface area contributed by atoms with Crippen LogP contribution in [-0.4, -0.2) is 25.7 Å². The van der Waals surface area contributed by atoms with E-state index in [1.165, 1.54) is 6.07 Å². The molecule has 0 radical (unpaired) electrons. The lowest BCUT2D eigenvalue weighted by Crippen LogP contribution is -2.20. The van der Waals surface area contributed by atoms with Crippen molar-refractivity contribution in [3.8, 4) is 0 Å². The maximum absolute atomic E-state index is 11.5. The fraction of sp³-hybridized carbons (Fsp3) is 0.111. The summed E-state index contributed by atoms with van der Waals surface area (Å²) < 4.78 is 0.960. The number of aromatic nitrogens is 3. The van der Waals surface area contributed by atoms with Crippen molar-refractivity contribution in [1.82, 2.24) is 14.6 Å². The molecule has 0 spiro atoms. The Labute approximate surface area is 94.1 Å². The van der Waals surface area contributed by atoms with Crippen LogP contribution in [0.5, 0.6) is 0 Å². The van der Waals surface area contributed by atoms with Crippen LogP contribution < -0.4 is 5.56 Å². The van der Waals surface area contributed by atoms with E-state index in [1.807, 2.05) is 0 Å². The van der Waals surface area contributed by atoms with Crippen molar-refractivity contribution < 1.29 is 9.90 Å². The van der Waals surface area contributed by atoms with E-state index in [0.717, 1.165) is 10.6 Å². The normalized spacial score (nSPS) is 10.6. The highest BCUT2D eigenvalue weighted by Gasteiger charge is 2.10. The lowest BCUT2D eigenvalue weighted by atomic mass is 10.3. The van der Waals surface area contributed by atoms with Gasteiger partial charge in [0.2, 0.25) is 0 Å². The molecule has 7 heteroatoms. The zero-order valence-electron chi connectivity index (χ0n) is 8.14. The Morgan fingerprint density at radius 2 is 2.19 bits per heavy atom. The van der Waals surface area contributed by atoms with Crippen LogP contribution in [0.15, 0.2) is 16.9 Å². The topological polar surface area (TPSA) is 84.6 Å². The molecule has 0 unspecified atom stereocenters. The van der Waals surface area contributed by atoms with Crippen LogP contribution in [0.2, 0.25) is 5.15 Å². The van der Waals surface area contributed by atoms with E-state index in [-0.39, 0.29) is 16.5 Å². The van der Waals surface area contributed by atoms with Crippen LogP contribution in [0, 0.1) is 6.92 Å². The molecule has 2 aromatic rings. The standard InChI is InChI=1S/C9H6ClN3O3/c1-4-2-6-11-5(9(15)16)3-7(14)13(6)12-8(4)10/h2-3H,1H3,(H,15,16). The van der Waals surface area contributed by atoms with E-state index < -0.39 is 11.5 Å². The van der Waals surface area contributed by atoms with Crippen molar-refractivity contribution >= 4 is 23.2 Å². The number of carboxylic acids is 1. The molecule has 16 heavy (non-hydrogen) atoms. The predicted molar refractivity (Wildman–Crippen MR) is 56.0 cm³/mol. The SMILES string of the molecule is Cc1cc2nc(C(=O)O)cc(=O)n2nc1Cl. The fourth-order valence-corrected chi connectivity index (χ4v) is 1.35. The zero-order chi connectivity index (χ0) is 11.9. The Kier molecular flexibility index (Phi) is 2.35. The summed E-state index contributed by atoms with van der Waals surface area (Å²) in [5.41, 5.74) is -0.110. The molecule has 0 aliphatic rings. The summed E-state index contributed by atoms with van der Waals surface area (Å²) >= 11 is 5.75. The number of nitrogens with zero attached hydrogens (tertiary/aromatic N) is 3. The Bertz CT molecular complexity index is 650. The molecule has 0 saturated heterocycles. The first kappa shape index (κ1) is 10.6. The van der Waals surface area contributed by atoms with E-state index in [1.54, 1.807) is 6.92 Å². The number of halogens is 1. The second-order valence-corrected chi connectivity index (χ2v) is 3.53. The van der Waals surface area contributed by atoms with Gasteiger partial charge in [0.25, 0.3) is 5.56 Å². The molecule has 0 aliphatic heterocycles. The minimum Gasteiger partial charge on any atom is -0.477 e. The van der Waals surface area contributed by atoms with Gasteiger partial charge in [-0.1, -0.05) is 11.6 Å². The van der Waals surface area contributed by atoms with E-state index in [4.69, 9.17) is 16.7 Å². The summed E-state index contributed by atoms with van der Waals surface area (Å²) in [6.07, 6.45) is 0. The maximum atomic E-state index is 11.5. The average Bonchev–Trinajstić information content (AvgIpc) is 2.20. The molecular formula is C9H6ClN3O3. The van der Waals surface area contributed by atoms with E-state index in [9.17, 15) is 9.59 Å². The molecule has 0 fully saturated rings. The number of rotatable bonds is 1. The second kappa shape index (κ2) is 3.57. The van der Waals surface area contributed by atoms with Gasteiger partial charge < -0.3 is 5.11 Å². The number of hydrogen-bond acceptors (Lipinski definition) is 4. The van der Waals surface area contributed by atoms with Crippen molar-refractivity contribution in [3.05, 3.63) is 38.9 Å². The summed E-state index contributed by atoms with van der Waals surface area (Å²) in [5, 5.41) is 12.7. The molecule has 0 aliphatic carbocycles. The van der Waals surface area contributed by atoms with E-state index in [2.05, 4.69) is 10.1 Å². The smallest absolute Gasteiger partial charge is 0.354 e. The van der Waals surface area contributed by atoms with Crippen LogP contribution in [0.3, 0.4) is 0 Å². The number of fused-ring (bicyclic) bond motifs is 1. The van der Waals surface area contributed by atoms with Gasteiger partial charge >= 0.3 is 5.97 Å². The van der Waals surface area contributed by atoms with Gasteiger partial charge in [0.05, 0.1) is 0 Å². The van der Waals surface area contributed by atoms with Crippen molar-refractivity contribution in [3.63, 3.8) is 0 Å². The van der Waals surface area contributed by atoms with Gasteiger partial charge in [0, 0.05) is 6.07 Å². The lowest BCUT2D eigenvalue weighted by molar-refractivity contribution is 0.0690. The van der Waals surface area contributed by atoms with Crippen molar-refractivity contribution in [2.24, 2.45) is 0 Å². The number of aryl methyl sites for hydroxylation is 1. The molecule has 2 heterocycles. The average molecular weight is 240 g/mol. The van der Waals surface area contributed by atoms with Gasteiger partial charge in [-0.25, -0.2) is 9.78 Å². The second-order valence-electron chi connectivity index (χ2n) is 3.17. The Morgan fingerprint density at radius 1 is 1.50 bits per heavy atom. The molecule has 0 atom stereocenters. The number of carboxylic acid groups (broad SMARTS) is 1. The highest BCUT2D eigenvalue weighted by Crippen LogP contribution is 2.11. The van der Waals surface area contributed by atoms with E-state index >= 15 is 0 Å². The van der Waals surface area contributed by atoms with Gasteiger partial charge in [-0.05, 0) is 18.6 Å². The van der Waals surface area contributed by atoms with Crippen molar-refractivity contribution in [1.29, 1.82) is 0 Å². The molecule has 0 saturated carbocycles. The Hall–Kier alpha value is -1.95. The highest BCUT2D eigenvalue weighted by molar-refractivity contribution is 6.30. The largest absolute Gasteiger partial charge is 0.477 e. The summed E-state index contributed by atoms with van der Waals surface area (Å²) in [5.74, 6) is -1.26. The molecule has 6 nitrogen and oxygen atoms in total. The molecule has 0 bridgehead atoms. The van der Waals surface area contributed by atoms with E-state index in [0.29, 0.717) is 5.56 Å². The van der Waals surface area contributed by atoms with Crippen LogP contribution in [0.1, 0.15) is 16.1 Å². The van der Waals surface area contributed by atoms with Crippen LogP contribution in [-0.2, 0) is 0 Å². The van der Waals surface area contributed by atoms with Gasteiger partial charge in [-0.2, -0.15) is 9.61 Å². The summed E-state index contributed by atoms with van der Waals surface area (Å²) in [6, 6.07) is 2.40. The molecule has 2 rings (SSSR count). The minimum atomic E-state index is -1.26. The van der Waals surface area contributed by atoms with Crippen LogP contribution in [0.4, 0.5) is 0 Å². The summed E-state index contributed by atoms with van der Waals surface area (Å²) in [7, 11) is 0. The maximum Gasteiger partial charge on any atom is 0.354 e. The van der Waals surface area contributed by atoms with Crippen LogP contribution in [0.25, 0.3) is 5.65 Å². The number of aromatic carboxylic acids is 1. The molecule has 82 valence electrons. The van der Waals surface area contributed by atoms with Gasteiger partial charge in [-0.15, -0.1) is 0 Å². The molecule has 2 aromatic heterocycles. The first-order valence-electron chi connectivity index (χ1n) is 4.29. The molecule has 1 N–H and O–H groups in total. The summed E-state index contributed by atoms with van der Waals surface area (Å²) in [6.45, 7) is 1.69. The zero-order valence-corrected chi connectivity index (χ0v) is 8.89. The Balaban J connectivity index is 2.88. The molecule has 0 aromatic carbocycles. The van der Waals surface area contributed by atoms with Gasteiger partial charge in [0.1, 0.15) is 0 Å². The van der Waals surface area contributed by atoms with Gasteiger partial charge in [-0.3, -0.25) is 4.79 Å². The van der Waals surface area contributed by atoms with Crippen molar-refractivity contribution in [2.75, 3.05) is 0 Å². The third-order valence-electron chi connectivity index (χ3n) is 2.00. The fourth-order valence-electron chi connectivity index (χ4n) is 1.22. The predicted octanol–water partition coefficient (Wildman–Crippen LogP) is 0.750. The third-order valence-corrected chi connectivity index (χ3v) is 2.37. The highest BCUT2D eigenvalue weighted by atomic mass is 35.5. The molecule has 0 amide bonds. The first-order valence-corrected chi connectivity index (χ1v) is 4.67. The first-order chi connectivity index (χ1) is 7.49. The minimum absolute atomic E-state index is 0.159. The third kappa shape index (κ3) is 1.63. The van der Waals surface area contributed by atoms with Crippen LogP contribution >= 0.6 is 11.6 Å². The lowest BCUT2D eigenvalue weighted by Gasteiger charge is -2.02. The number of hydrogen-bond donors (Lipinski definition) is 1. The van der Waals surface area contributed by atoms with Gasteiger partial charge in [0.15, 0.2) is 16.5 Å². The Morgan fingerprint density at radius 3 is 2.81 bits per heavy atom. The van der Waals surface area contributed by atoms with Crippen molar-refractivity contribution in [2.45, 2.75) is 6.92 Å². The quantitative estimate of drug-likeness (QED) is 0.794. The summed E-state index contributed by atoms with van der Waals surface area (Å²) in [4.78, 5) is 26.0. The number of carbonyl (C=O) groups is 1.